The van der Waals surface area contributed by atoms with E-state index in [1.54, 1.807) is 0 Å². The Kier molecular flexibility index (Phi) is 3.09. The van der Waals surface area contributed by atoms with Crippen LogP contribution in [0.3, 0.4) is 0 Å². The summed E-state index contributed by atoms with van der Waals surface area (Å²) in [6, 6.07) is 0. The first-order valence-electron chi connectivity index (χ1n) is 5.09. The van der Waals surface area contributed by atoms with Gasteiger partial charge in [-0.05, 0) is 30.1 Å². The third-order valence-electron chi connectivity index (χ3n) is 3.36. The largest absolute Gasteiger partial charge is 0.122 e. The third kappa shape index (κ3) is 1.96. The Hall–Kier alpha value is 0.290. The van der Waals surface area contributed by atoms with Gasteiger partial charge in [-0.25, -0.2) is 0 Å². The van der Waals surface area contributed by atoms with Gasteiger partial charge >= 0.3 is 0 Å². The monoisotopic (exact) mass is 188 g/mol. The Bertz CT molecular complexity index is 149. The first kappa shape index (κ1) is 10.4. The summed E-state index contributed by atoms with van der Waals surface area (Å²) in [7, 11) is 0. The Balaban J connectivity index is 2.62. The quantitative estimate of drug-likeness (QED) is 0.573. The molecule has 0 bridgehead atoms. The molecular weight excluding hydrogens is 168 g/mol. The predicted octanol–water partition coefficient (Wildman–Crippen LogP) is 4.08. The molecule has 0 aromatic heterocycles. The topological polar surface area (TPSA) is 0 Å². The minimum absolute atomic E-state index is 0.377. The Labute approximate surface area is 81.7 Å². The fourth-order valence-electron chi connectivity index (χ4n) is 2.41. The van der Waals surface area contributed by atoms with Crippen LogP contribution in [0.25, 0.3) is 0 Å². The predicted molar refractivity (Wildman–Crippen MR) is 55.6 cm³/mol. The molecule has 0 radical (unpaired) electrons. The number of rotatable bonds is 2. The molecule has 1 fully saturated rings. The van der Waals surface area contributed by atoms with E-state index < -0.39 is 0 Å². The minimum atomic E-state index is 0.377. The number of halogens is 1. The van der Waals surface area contributed by atoms with Crippen LogP contribution < -0.4 is 0 Å². The lowest BCUT2D eigenvalue weighted by Gasteiger charge is -2.32. The van der Waals surface area contributed by atoms with Crippen LogP contribution in [-0.2, 0) is 0 Å². The zero-order valence-corrected chi connectivity index (χ0v) is 9.49. The molecule has 0 saturated heterocycles. The summed E-state index contributed by atoms with van der Waals surface area (Å²) in [6.07, 6.45) is 4.06. The first-order valence-corrected chi connectivity index (χ1v) is 5.53. The van der Waals surface area contributed by atoms with E-state index in [-0.39, 0.29) is 0 Å². The standard InChI is InChI=1S/C11H21Cl/c1-8(2)10(12)9-6-5-7-11(9,3)4/h8-10H,5-7H2,1-4H3. The normalized spacial score (nSPS) is 31.0. The Morgan fingerprint density at radius 3 is 2.25 bits per heavy atom. The van der Waals surface area contributed by atoms with Crippen molar-refractivity contribution in [3.63, 3.8) is 0 Å². The zero-order valence-electron chi connectivity index (χ0n) is 8.73. The molecule has 72 valence electrons. The van der Waals surface area contributed by atoms with E-state index in [9.17, 15) is 0 Å². The highest BCUT2D eigenvalue weighted by Gasteiger charge is 2.39. The molecular formula is C11H21Cl. The lowest BCUT2D eigenvalue weighted by atomic mass is 9.77. The van der Waals surface area contributed by atoms with E-state index in [1.807, 2.05) is 0 Å². The van der Waals surface area contributed by atoms with Gasteiger partial charge in [-0.2, -0.15) is 0 Å². The maximum atomic E-state index is 6.41. The smallest absolute Gasteiger partial charge is 0.0392 e. The summed E-state index contributed by atoms with van der Waals surface area (Å²) in [5.41, 5.74) is 0.483. The van der Waals surface area contributed by atoms with Crippen LogP contribution >= 0.6 is 11.6 Å². The fraction of sp³-hybridized carbons (Fsp3) is 1.00. The molecule has 0 aromatic rings. The van der Waals surface area contributed by atoms with Crippen molar-refractivity contribution in [2.45, 2.75) is 52.3 Å². The summed E-state index contributed by atoms with van der Waals surface area (Å²) in [4.78, 5) is 0. The molecule has 0 heterocycles. The van der Waals surface area contributed by atoms with Crippen molar-refractivity contribution in [3.05, 3.63) is 0 Å². The average Bonchev–Trinajstić information content (AvgIpc) is 2.27. The van der Waals surface area contributed by atoms with E-state index in [2.05, 4.69) is 27.7 Å². The summed E-state index contributed by atoms with van der Waals surface area (Å²) in [5, 5.41) is 0.377. The van der Waals surface area contributed by atoms with E-state index >= 15 is 0 Å². The Morgan fingerprint density at radius 1 is 1.33 bits per heavy atom. The summed E-state index contributed by atoms with van der Waals surface area (Å²) in [6.45, 7) is 9.18. The SMILES string of the molecule is CC(C)C(Cl)C1CCCC1(C)C. The van der Waals surface area contributed by atoms with E-state index in [0.717, 1.165) is 5.92 Å². The molecule has 1 saturated carbocycles. The fourth-order valence-corrected chi connectivity index (χ4v) is 2.88. The van der Waals surface area contributed by atoms with Gasteiger partial charge in [0.15, 0.2) is 0 Å². The first-order chi connectivity index (χ1) is 5.45. The molecule has 0 aromatic carbocycles. The molecule has 0 N–H and O–H groups in total. The van der Waals surface area contributed by atoms with Crippen LogP contribution in [0.5, 0.6) is 0 Å². The molecule has 1 aliphatic rings. The molecule has 2 unspecified atom stereocenters. The average molecular weight is 189 g/mol. The van der Waals surface area contributed by atoms with Crippen molar-refractivity contribution in [1.82, 2.24) is 0 Å². The van der Waals surface area contributed by atoms with Gasteiger partial charge in [-0.1, -0.05) is 34.1 Å². The van der Waals surface area contributed by atoms with Crippen LogP contribution in [0.15, 0.2) is 0 Å². The van der Waals surface area contributed by atoms with Crippen molar-refractivity contribution in [1.29, 1.82) is 0 Å². The summed E-state index contributed by atoms with van der Waals surface area (Å²) >= 11 is 6.41. The Morgan fingerprint density at radius 2 is 1.92 bits per heavy atom. The van der Waals surface area contributed by atoms with Crippen molar-refractivity contribution in [2.75, 3.05) is 0 Å². The highest BCUT2D eigenvalue weighted by atomic mass is 35.5. The van der Waals surface area contributed by atoms with Gasteiger partial charge in [0.2, 0.25) is 0 Å². The van der Waals surface area contributed by atoms with Crippen molar-refractivity contribution in [3.8, 4) is 0 Å². The number of hydrogen-bond donors (Lipinski definition) is 0. The zero-order chi connectivity index (χ0) is 9.35. The van der Waals surface area contributed by atoms with E-state index in [1.165, 1.54) is 19.3 Å². The summed E-state index contributed by atoms with van der Waals surface area (Å²) in [5.74, 6) is 1.35. The molecule has 1 heteroatoms. The second-order valence-corrected chi connectivity index (χ2v) is 5.68. The highest BCUT2D eigenvalue weighted by molar-refractivity contribution is 6.21. The minimum Gasteiger partial charge on any atom is -0.122 e. The maximum Gasteiger partial charge on any atom is 0.0392 e. The van der Waals surface area contributed by atoms with E-state index in [4.69, 9.17) is 11.6 Å². The van der Waals surface area contributed by atoms with Crippen LogP contribution in [0.4, 0.5) is 0 Å². The van der Waals surface area contributed by atoms with Crippen molar-refractivity contribution < 1.29 is 0 Å². The highest BCUT2D eigenvalue weighted by Crippen LogP contribution is 2.47. The van der Waals surface area contributed by atoms with Crippen molar-refractivity contribution >= 4 is 11.6 Å². The van der Waals surface area contributed by atoms with Gasteiger partial charge in [-0.3, -0.25) is 0 Å². The molecule has 0 spiro atoms. The molecule has 1 aliphatic carbocycles. The van der Waals surface area contributed by atoms with Crippen LogP contribution in [0.1, 0.15) is 47.0 Å². The number of alkyl halides is 1. The van der Waals surface area contributed by atoms with Gasteiger partial charge in [-0.15, -0.1) is 11.6 Å². The van der Waals surface area contributed by atoms with Gasteiger partial charge in [0, 0.05) is 5.38 Å². The van der Waals surface area contributed by atoms with E-state index in [0.29, 0.717) is 16.7 Å². The summed E-state index contributed by atoms with van der Waals surface area (Å²) < 4.78 is 0. The van der Waals surface area contributed by atoms with Crippen LogP contribution in [-0.4, -0.2) is 5.38 Å². The lowest BCUT2D eigenvalue weighted by Crippen LogP contribution is -2.29. The molecule has 2 atom stereocenters. The second-order valence-electron chi connectivity index (χ2n) is 5.18. The van der Waals surface area contributed by atoms with Gasteiger partial charge in [0.1, 0.15) is 0 Å². The van der Waals surface area contributed by atoms with Gasteiger partial charge in [0.25, 0.3) is 0 Å². The van der Waals surface area contributed by atoms with Crippen LogP contribution in [0.2, 0.25) is 0 Å². The molecule has 0 nitrogen and oxygen atoms in total. The van der Waals surface area contributed by atoms with Gasteiger partial charge in [0.05, 0.1) is 0 Å². The van der Waals surface area contributed by atoms with Crippen LogP contribution in [0, 0.1) is 17.3 Å². The number of hydrogen-bond acceptors (Lipinski definition) is 0. The molecule has 1 rings (SSSR count). The lowest BCUT2D eigenvalue weighted by molar-refractivity contribution is 0.229. The maximum absolute atomic E-state index is 6.41. The van der Waals surface area contributed by atoms with Gasteiger partial charge < -0.3 is 0 Å². The van der Waals surface area contributed by atoms with Crippen molar-refractivity contribution in [2.24, 2.45) is 17.3 Å². The molecule has 0 aliphatic heterocycles. The molecule has 0 amide bonds. The second kappa shape index (κ2) is 3.57. The molecule has 12 heavy (non-hydrogen) atoms. The third-order valence-corrected chi connectivity index (χ3v) is 4.17.